The van der Waals surface area contributed by atoms with E-state index >= 15 is 0 Å². The summed E-state index contributed by atoms with van der Waals surface area (Å²) in [6.07, 6.45) is 5.25. The highest BCUT2D eigenvalue weighted by Gasteiger charge is 2.27. The summed E-state index contributed by atoms with van der Waals surface area (Å²) in [5.74, 6) is 1.85. The third kappa shape index (κ3) is 2.56. The van der Waals surface area contributed by atoms with Gasteiger partial charge in [-0.3, -0.25) is 0 Å². The van der Waals surface area contributed by atoms with E-state index in [4.69, 9.17) is 11.5 Å². The number of nitrogens with zero attached hydrogens (tertiary/aromatic N) is 2. The molecule has 1 aromatic rings. The van der Waals surface area contributed by atoms with Crippen molar-refractivity contribution < 1.29 is 0 Å². The predicted octanol–water partition coefficient (Wildman–Crippen LogP) is 0.697. The third-order valence-corrected chi connectivity index (χ3v) is 2.53. The topological polar surface area (TPSA) is 89.8 Å². The van der Waals surface area contributed by atoms with Crippen molar-refractivity contribution in [3.05, 3.63) is 11.8 Å². The minimum atomic E-state index is 0.328. The number of hydrogen-bond acceptors (Lipinski definition) is 5. The molecule has 1 heterocycles. The van der Waals surface area contributed by atoms with Crippen LogP contribution in [0.4, 0.5) is 11.8 Å². The molecule has 0 spiro atoms. The molecule has 0 saturated heterocycles. The Labute approximate surface area is 89.3 Å². The molecule has 1 saturated carbocycles. The van der Waals surface area contributed by atoms with Gasteiger partial charge in [0.15, 0.2) is 0 Å². The van der Waals surface area contributed by atoms with Crippen molar-refractivity contribution in [1.82, 2.24) is 9.97 Å². The number of rotatable bonds is 5. The lowest BCUT2D eigenvalue weighted by molar-refractivity contribution is 0.865. The van der Waals surface area contributed by atoms with E-state index in [1.165, 1.54) is 18.4 Å². The molecule has 82 valence electrons. The van der Waals surface area contributed by atoms with Crippen LogP contribution in [0, 0.1) is 0 Å². The number of anilines is 2. The van der Waals surface area contributed by atoms with Gasteiger partial charge in [-0.25, -0.2) is 4.98 Å². The van der Waals surface area contributed by atoms with Gasteiger partial charge in [0.1, 0.15) is 5.82 Å². The summed E-state index contributed by atoms with van der Waals surface area (Å²) in [7, 11) is 0. The number of aromatic nitrogens is 2. The molecule has 0 aliphatic heterocycles. The fraction of sp³-hybridized carbons (Fsp3) is 0.600. The second-order valence-corrected chi connectivity index (χ2v) is 3.88. The summed E-state index contributed by atoms with van der Waals surface area (Å²) in [5, 5.41) is 3.27. The predicted molar refractivity (Wildman–Crippen MR) is 60.6 cm³/mol. The van der Waals surface area contributed by atoms with E-state index in [2.05, 4.69) is 15.3 Å². The molecular formula is C10H17N5. The van der Waals surface area contributed by atoms with Crippen LogP contribution in [-0.4, -0.2) is 23.1 Å². The molecule has 1 aliphatic rings. The van der Waals surface area contributed by atoms with E-state index < -0.39 is 0 Å². The van der Waals surface area contributed by atoms with Gasteiger partial charge in [0, 0.05) is 18.3 Å². The molecule has 5 heteroatoms. The summed E-state index contributed by atoms with van der Waals surface area (Å²) < 4.78 is 0. The Balaban J connectivity index is 2.08. The molecule has 5 nitrogen and oxygen atoms in total. The van der Waals surface area contributed by atoms with Crippen molar-refractivity contribution in [2.45, 2.75) is 25.2 Å². The molecular weight excluding hydrogens is 190 g/mol. The van der Waals surface area contributed by atoms with E-state index in [1.807, 2.05) is 6.20 Å². The van der Waals surface area contributed by atoms with E-state index in [-0.39, 0.29) is 0 Å². The largest absolute Gasteiger partial charge is 0.370 e. The van der Waals surface area contributed by atoms with Crippen LogP contribution in [0.3, 0.4) is 0 Å². The van der Waals surface area contributed by atoms with Crippen molar-refractivity contribution in [2.24, 2.45) is 5.73 Å². The second-order valence-electron chi connectivity index (χ2n) is 3.88. The summed E-state index contributed by atoms with van der Waals surface area (Å²) in [4.78, 5) is 8.25. The summed E-state index contributed by atoms with van der Waals surface area (Å²) in [6.45, 7) is 1.53. The van der Waals surface area contributed by atoms with Crippen molar-refractivity contribution in [3.8, 4) is 0 Å². The van der Waals surface area contributed by atoms with Crippen molar-refractivity contribution >= 4 is 11.8 Å². The van der Waals surface area contributed by atoms with E-state index in [0.717, 1.165) is 18.8 Å². The third-order valence-electron chi connectivity index (χ3n) is 2.53. The highest BCUT2D eigenvalue weighted by molar-refractivity contribution is 5.49. The minimum absolute atomic E-state index is 0.328. The van der Waals surface area contributed by atoms with Crippen LogP contribution in [0.5, 0.6) is 0 Å². The van der Waals surface area contributed by atoms with Gasteiger partial charge in [-0.1, -0.05) is 0 Å². The monoisotopic (exact) mass is 207 g/mol. The molecule has 2 rings (SSSR count). The molecule has 0 atom stereocenters. The van der Waals surface area contributed by atoms with Gasteiger partial charge in [-0.15, -0.1) is 0 Å². The van der Waals surface area contributed by atoms with Gasteiger partial charge in [0.25, 0.3) is 0 Å². The zero-order chi connectivity index (χ0) is 10.7. The Morgan fingerprint density at radius 2 is 2.27 bits per heavy atom. The first-order valence-corrected chi connectivity index (χ1v) is 5.37. The van der Waals surface area contributed by atoms with E-state index in [0.29, 0.717) is 18.4 Å². The highest BCUT2D eigenvalue weighted by Crippen LogP contribution is 2.42. The fourth-order valence-electron chi connectivity index (χ4n) is 1.55. The standard InChI is InChI=1S/C10H17N5/c11-4-1-5-13-9-8(7-2-3-7)6-14-10(12)15-9/h6-7H,1-5,11H2,(H3,12,13,14,15). The minimum Gasteiger partial charge on any atom is -0.370 e. The first kappa shape index (κ1) is 10.2. The van der Waals surface area contributed by atoms with Crippen molar-refractivity contribution in [3.63, 3.8) is 0 Å². The average molecular weight is 207 g/mol. The Bertz CT molecular complexity index is 335. The Morgan fingerprint density at radius 1 is 1.47 bits per heavy atom. The molecule has 1 aliphatic carbocycles. The van der Waals surface area contributed by atoms with Gasteiger partial charge >= 0.3 is 0 Å². The smallest absolute Gasteiger partial charge is 0.221 e. The lowest BCUT2D eigenvalue weighted by atomic mass is 10.2. The Kier molecular flexibility index (Phi) is 3.01. The summed E-state index contributed by atoms with van der Waals surface area (Å²) >= 11 is 0. The van der Waals surface area contributed by atoms with Crippen LogP contribution < -0.4 is 16.8 Å². The van der Waals surface area contributed by atoms with Gasteiger partial charge in [-0.05, 0) is 31.7 Å². The first-order chi connectivity index (χ1) is 7.31. The SMILES string of the molecule is NCCCNc1nc(N)ncc1C1CC1. The molecule has 1 fully saturated rings. The van der Waals surface area contributed by atoms with Gasteiger partial charge < -0.3 is 16.8 Å². The Morgan fingerprint density at radius 3 is 2.93 bits per heavy atom. The number of nitrogen functional groups attached to an aromatic ring is 1. The maximum Gasteiger partial charge on any atom is 0.221 e. The van der Waals surface area contributed by atoms with Gasteiger partial charge in [-0.2, -0.15) is 4.98 Å². The van der Waals surface area contributed by atoms with Crippen molar-refractivity contribution in [1.29, 1.82) is 0 Å². The van der Waals surface area contributed by atoms with Crippen LogP contribution >= 0.6 is 0 Å². The highest BCUT2D eigenvalue weighted by atomic mass is 15.1. The van der Waals surface area contributed by atoms with Gasteiger partial charge in [0.2, 0.25) is 5.95 Å². The second kappa shape index (κ2) is 4.44. The fourth-order valence-corrected chi connectivity index (χ4v) is 1.55. The molecule has 1 aromatic heterocycles. The van der Waals surface area contributed by atoms with Crippen LogP contribution in [0.2, 0.25) is 0 Å². The van der Waals surface area contributed by atoms with Crippen LogP contribution in [0.25, 0.3) is 0 Å². The molecule has 15 heavy (non-hydrogen) atoms. The van der Waals surface area contributed by atoms with E-state index in [9.17, 15) is 0 Å². The quantitative estimate of drug-likeness (QED) is 0.618. The molecule has 0 bridgehead atoms. The number of nitrogens with two attached hydrogens (primary N) is 2. The zero-order valence-electron chi connectivity index (χ0n) is 8.74. The molecule has 0 aromatic carbocycles. The molecule has 0 radical (unpaired) electrons. The lowest BCUT2D eigenvalue weighted by Gasteiger charge is -2.09. The lowest BCUT2D eigenvalue weighted by Crippen LogP contribution is -2.12. The first-order valence-electron chi connectivity index (χ1n) is 5.37. The number of nitrogens with one attached hydrogen (secondary N) is 1. The molecule has 0 amide bonds. The molecule has 0 unspecified atom stereocenters. The normalized spacial score (nSPS) is 15.3. The van der Waals surface area contributed by atoms with Crippen LogP contribution in [-0.2, 0) is 0 Å². The summed E-state index contributed by atoms with van der Waals surface area (Å²) in [5.41, 5.74) is 12.2. The Hall–Kier alpha value is -1.36. The van der Waals surface area contributed by atoms with E-state index in [1.54, 1.807) is 0 Å². The van der Waals surface area contributed by atoms with Crippen LogP contribution in [0.15, 0.2) is 6.20 Å². The average Bonchev–Trinajstić information content (AvgIpc) is 3.02. The maximum atomic E-state index is 5.57. The zero-order valence-corrected chi connectivity index (χ0v) is 8.74. The van der Waals surface area contributed by atoms with Crippen molar-refractivity contribution in [2.75, 3.05) is 24.1 Å². The van der Waals surface area contributed by atoms with Crippen LogP contribution in [0.1, 0.15) is 30.7 Å². The molecule has 5 N–H and O–H groups in total. The maximum absolute atomic E-state index is 5.57. The summed E-state index contributed by atoms with van der Waals surface area (Å²) in [6, 6.07) is 0. The number of hydrogen-bond donors (Lipinski definition) is 3. The van der Waals surface area contributed by atoms with Gasteiger partial charge in [0.05, 0.1) is 0 Å².